The van der Waals surface area contributed by atoms with E-state index in [-0.39, 0.29) is 24.0 Å². The Morgan fingerprint density at radius 1 is 1.15 bits per heavy atom. The monoisotopic (exact) mass is 476 g/mol. The van der Waals surface area contributed by atoms with Crippen LogP contribution in [0.25, 0.3) is 0 Å². The molecule has 4 aliphatic rings. The number of ether oxygens (including phenoxy) is 1. The molecule has 150 valence electrons. The molecule has 0 spiro atoms. The summed E-state index contributed by atoms with van der Waals surface area (Å²) in [5, 5.41) is 3.55. The molecule has 0 aromatic rings. The van der Waals surface area contributed by atoms with Crippen molar-refractivity contribution in [3.05, 3.63) is 0 Å². The molecule has 0 aromatic heterocycles. The van der Waals surface area contributed by atoms with Crippen molar-refractivity contribution in [2.45, 2.75) is 64.7 Å². The van der Waals surface area contributed by atoms with E-state index in [1.54, 1.807) is 0 Å². The van der Waals surface area contributed by atoms with Gasteiger partial charge in [-0.3, -0.25) is 9.89 Å². The second-order valence-corrected chi connectivity index (χ2v) is 8.81. The van der Waals surface area contributed by atoms with Crippen LogP contribution in [-0.4, -0.2) is 73.3 Å². The van der Waals surface area contributed by atoms with E-state index in [0.29, 0.717) is 18.2 Å². The summed E-state index contributed by atoms with van der Waals surface area (Å²) < 4.78 is 6.12. The summed E-state index contributed by atoms with van der Waals surface area (Å²) in [5.41, 5.74) is 0. The first-order chi connectivity index (χ1) is 12.2. The van der Waals surface area contributed by atoms with Gasteiger partial charge in [-0.2, -0.15) is 0 Å². The molecule has 6 heteroatoms. The number of fused-ring (bicyclic) bond motifs is 5. The number of hydrogen-bond acceptors (Lipinski definition) is 3. The van der Waals surface area contributed by atoms with Gasteiger partial charge in [0.05, 0.1) is 18.8 Å². The summed E-state index contributed by atoms with van der Waals surface area (Å²) in [5.74, 6) is 3.45. The van der Waals surface area contributed by atoms with Crippen LogP contribution in [0.3, 0.4) is 0 Å². The highest BCUT2D eigenvalue weighted by atomic mass is 127. The van der Waals surface area contributed by atoms with Crippen molar-refractivity contribution >= 4 is 29.9 Å². The van der Waals surface area contributed by atoms with Gasteiger partial charge < -0.3 is 15.0 Å². The first-order valence-electron chi connectivity index (χ1n) is 10.6. The van der Waals surface area contributed by atoms with Crippen LogP contribution in [0.1, 0.15) is 46.5 Å². The van der Waals surface area contributed by atoms with Crippen LogP contribution in [0.4, 0.5) is 0 Å². The minimum atomic E-state index is 0. The smallest absolute Gasteiger partial charge is 0.193 e. The van der Waals surface area contributed by atoms with Crippen molar-refractivity contribution < 1.29 is 4.74 Å². The van der Waals surface area contributed by atoms with Gasteiger partial charge in [-0.25, -0.2) is 0 Å². The lowest BCUT2D eigenvalue weighted by atomic mass is 9.82. The first-order valence-corrected chi connectivity index (χ1v) is 10.6. The molecule has 0 saturated carbocycles. The Labute approximate surface area is 176 Å². The minimum Gasteiger partial charge on any atom is -0.374 e. The van der Waals surface area contributed by atoms with Gasteiger partial charge in [-0.1, -0.05) is 6.92 Å². The number of hydrogen-bond donors (Lipinski definition) is 1. The summed E-state index contributed by atoms with van der Waals surface area (Å²) >= 11 is 0. The third-order valence-corrected chi connectivity index (χ3v) is 6.90. The maximum atomic E-state index is 6.12. The number of halogens is 1. The zero-order chi connectivity index (χ0) is 17.4. The molecule has 5 nitrogen and oxygen atoms in total. The van der Waals surface area contributed by atoms with Crippen molar-refractivity contribution in [1.29, 1.82) is 0 Å². The third-order valence-electron chi connectivity index (χ3n) is 6.90. The van der Waals surface area contributed by atoms with Crippen molar-refractivity contribution in [3.63, 3.8) is 0 Å². The van der Waals surface area contributed by atoms with E-state index in [1.807, 2.05) is 0 Å². The molecule has 0 radical (unpaired) electrons. The first kappa shape index (κ1) is 20.6. The number of piperidine rings is 1. The van der Waals surface area contributed by atoms with Crippen LogP contribution in [-0.2, 0) is 4.74 Å². The van der Waals surface area contributed by atoms with E-state index in [2.05, 4.69) is 35.9 Å². The number of nitrogens with one attached hydrogen (secondary N) is 1. The third kappa shape index (κ3) is 4.17. The summed E-state index contributed by atoms with van der Waals surface area (Å²) in [4.78, 5) is 10.2. The number of nitrogens with zero attached hydrogens (tertiary/aromatic N) is 3. The second kappa shape index (κ2) is 8.95. The summed E-state index contributed by atoms with van der Waals surface area (Å²) in [7, 11) is 0. The Bertz CT molecular complexity index is 484. The second-order valence-electron chi connectivity index (χ2n) is 8.81. The van der Waals surface area contributed by atoms with Gasteiger partial charge in [0.2, 0.25) is 0 Å². The van der Waals surface area contributed by atoms with E-state index in [1.165, 1.54) is 38.8 Å². The van der Waals surface area contributed by atoms with Gasteiger partial charge in [-0.15, -0.1) is 24.0 Å². The van der Waals surface area contributed by atoms with Crippen LogP contribution in [0.5, 0.6) is 0 Å². The molecule has 4 saturated heterocycles. The van der Waals surface area contributed by atoms with Gasteiger partial charge >= 0.3 is 0 Å². The van der Waals surface area contributed by atoms with Crippen LogP contribution < -0.4 is 5.32 Å². The fraction of sp³-hybridized carbons (Fsp3) is 0.950. The van der Waals surface area contributed by atoms with Gasteiger partial charge in [0, 0.05) is 44.1 Å². The van der Waals surface area contributed by atoms with E-state index in [9.17, 15) is 0 Å². The van der Waals surface area contributed by atoms with E-state index >= 15 is 0 Å². The quantitative estimate of drug-likeness (QED) is 0.385. The number of likely N-dealkylation sites (tertiary alicyclic amines) is 2. The van der Waals surface area contributed by atoms with Gasteiger partial charge in [0.15, 0.2) is 5.96 Å². The number of rotatable bonds is 4. The van der Waals surface area contributed by atoms with E-state index < -0.39 is 0 Å². The average molecular weight is 476 g/mol. The average Bonchev–Trinajstić information content (AvgIpc) is 3.30. The van der Waals surface area contributed by atoms with E-state index in [4.69, 9.17) is 9.73 Å². The molecule has 1 N–H and O–H groups in total. The molecule has 2 bridgehead atoms. The van der Waals surface area contributed by atoms with Gasteiger partial charge in [0.25, 0.3) is 0 Å². The maximum Gasteiger partial charge on any atom is 0.193 e. The fourth-order valence-corrected chi connectivity index (χ4v) is 5.52. The Kier molecular flexibility index (Phi) is 7.11. The highest BCUT2D eigenvalue weighted by Gasteiger charge is 2.53. The molecular weight excluding hydrogens is 439 g/mol. The van der Waals surface area contributed by atoms with Crippen molar-refractivity contribution in [3.8, 4) is 0 Å². The van der Waals surface area contributed by atoms with Crippen molar-refractivity contribution in [2.24, 2.45) is 22.7 Å². The zero-order valence-corrected chi connectivity index (χ0v) is 19.0. The topological polar surface area (TPSA) is 40.1 Å². The normalized spacial score (nSPS) is 38.2. The Morgan fingerprint density at radius 3 is 2.46 bits per heavy atom. The molecule has 6 atom stereocenters. The molecular formula is C20H37IN4O. The summed E-state index contributed by atoms with van der Waals surface area (Å²) in [6.45, 7) is 13.5. The van der Waals surface area contributed by atoms with Crippen molar-refractivity contribution in [1.82, 2.24) is 15.1 Å². The van der Waals surface area contributed by atoms with Crippen LogP contribution >= 0.6 is 24.0 Å². The van der Waals surface area contributed by atoms with Crippen LogP contribution in [0.2, 0.25) is 0 Å². The summed E-state index contributed by atoms with van der Waals surface area (Å²) in [6.07, 6.45) is 6.33. The van der Waals surface area contributed by atoms with Gasteiger partial charge in [-0.05, 0) is 52.0 Å². The van der Waals surface area contributed by atoms with Gasteiger partial charge in [0.1, 0.15) is 0 Å². The molecule has 0 amide bonds. The SMILES string of the molecule is CCNC(=NCC(C)N1CCCC(C)C1)N1CC2C3CCC(O3)C2C1.I. The summed E-state index contributed by atoms with van der Waals surface area (Å²) in [6, 6.07) is 0.540. The predicted octanol–water partition coefficient (Wildman–Crippen LogP) is 2.80. The molecule has 6 unspecified atom stereocenters. The maximum absolute atomic E-state index is 6.12. The standard InChI is InChI=1S/C20H36N4O.HI/c1-4-21-20(22-10-15(3)23-9-5-6-14(2)11-23)24-12-16-17(13-24)19-8-7-18(16)25-19;/h14-19H,4-13H2,1-3H3,(H,21,22);1H. The Balaban J connectivity index is 0.00000196. The lowest BCUT2D eigenvalue weighted by Crippen LogP contribution is -2.44. The number of guanidine groups is 1. The molecule has 0 aliphatic carbocycles. The van der Waals surface area contributed by atoms with Crippen LogP contribution in [0.15, 0.2) is 4.99 Å². The molecule has 0 aromatic carbocycles. The minimum absolute atomic E-state index is 0. The zero-order valence-electron chi connectivity index (χ0n) is 16.7. The van der Waals surface area contributed by atoms with Crippen molar-refractivity contribution in [2.75, 3.05) is 39.3 Å². The molecule has 4 aliphatic heterocycles. The Morgan fingerprint density at radius 2 is 1.85 bits per heavy atom. The lowest BCUT2D eigenvalue weighted by molar-refractivity contribution is 0.0766. The molecule has 4 fully saturated rings. The predicted molar refractivity (Wildman–Crippen MR) is 117 cm³/mol. The molecule has 26 heavy (non-hydrogen) atoms. The fourth-order valence-electron chi connectivity index (χ4n) is 5.52. The molecule has 4 heterocycles. The molecule has 4 rings (SSSR count). The highest BCUT2D eigenvalue weighted by molar-refractivity contribution is 14.0. The van der Waals surface area contributed by atoms with Crippen LogP contribution in [0, 0.1) is 17.8 Å². The Hall–Kier alpha value is -0.0800. The highest BCUT2D eigenvalue weighted by Crippen LogP contribution is 2.47. The van der Waals surface area contributed by atoms with E-state index in [0.717, 1.165) is 49.9 Å². The largest absolute Gasteiger partial charge is 0.374 e. The number of aliphatic imine (C=N–C) groups is 1. The lowest BCUT2D eigenvalue weighted by Gasteiger charge is -2.35.